The summed E-state index contributed by atoms with van der Waals surface area (Å²) >= 11 is 0. The second kappa shape index (κ2) is 9.80. The van der Waals surface area contributed by atoms with Gasteiger partial charge in [0, 0.05) is 11.3 Å². The van der Waals surface area contributed by atoms with Gasteiger partial charge < -0.3 is 39.9 Å². The minimum Gasteiger partial charge on any atom is -0.462 e. The zero-order valence-electron chi connectivity index (χ0n) is 17.5. The first-order valence-electron chi connectivity index (χ1n) is 10.1. The summed E-state index contributed by atoms with van der Waals surface area (Å²) in [5.74, 6) is 0.333. The number of hydrogen-bond acceptors (Lipinski definition) is 8. The molecule has 11 nitrogen and oxygen atoms in total. The van der Waals surface area contributed by atoms with E-state index in [4.69, 9.17) is 19.3 Å². The normalized spacial score (nSPS) is 26.3. The lowest BCUT2D eigenvalue weighted by atomic mass is 9.97. The molecule has 1 fully saturated rings. The summed E-state index contributed by atoms with van der Waals surface area (Å²) in [4.78, 5) is 34.3. The number of pyridine rings is 1. The highest BCUT2D eigenvalue weighted by Crippen LogP contribution is 2.37. The predicted octanol–water partition coefficient (Wildman–Crippen LogP) is 0.583. The molecule has 0 bridgehead atoms. The number of anilines is 1. The van der Waals surface area contributed by atoms with Gasteiger partial charge in [0.05, 0.1) is 17.8 Å². The summed E-state index contributed by atoms with van der Waals surface area (Å²) in [6, 6.07) is 8.18. The molecule has 0 aliphatic carbocycles. The molecule has 3 rings (SSSR count). The van der Waals surface area contributed by atoms with E-state index >= 15 is 0 Å². The summed E-state index contributed by atoms with van der Waals surface area (Å²) in [5.41, 5.74) is 0.582. The van der Waals surface area contributed by atoms with Crippen molar-refractivity contribution in [1.29, 1.82) is 0 Å². The standard InChI is InChI=1S/C20H27N2O9P/c1-10(2)19(26)22-15-6-3-11-9-12(4-5-13(11)21-15)30-20-18(25)17(24)16(23)14(31-20)7-8-32(27,28)29/h3-6,9-10,14,16-18,20,23-25H,7-8H2,1-2H3,(H,21,22,26)(H2,27,28,29)/t14-,16-,17+,18+,20+/m1/s1. The number of aliphatic hydroxyl groups excluding tert-OH is 3. The summed E-state index contributed by atoms with van der Waals surface area (Å²) in [5, 5.41) is 33.8. The molecular weight excluding hydrogens is 443 g/mol. The lowest BCUT2D eigenvalue weighted by Gasteiger charge is -2.40. The Morgan fingerprint density at radius 3 is 2.53 bits per heavy atom. The van der Waals surface area contributed by atoms with Gasteiger partial charge in [-0.2, -0.15) is 0 Å². The van der Waals surface area contributed by atoms with Crippen LogP contribution in [0, 0.1) is 5.92 Å². The van der Waals surface area contributed by atoms with Gasteiger partial charge in [-0.3, -0.25) is 9.36 Å². The highest BCUT2D eigenvalue weighted by Gasteiger charge is 2.45. The maximum absolute atomic E-state index is 11.8. The number of nitrogens with zero attached hydrogens (tertiary/aromatic N) is 1. The Balaban J connectivity index is 1.73. The van der Waals surface area contributed by atoms with Crippen molar-refractivity contribution >= 4 is 30.2 Å². The van der Waals surface area contributed by atoms with Crippen molar-refractivity contribution < 1.29 is 43.9 Å². The van der Waals surface area contributed by atoms with Crippen LogP contribution in [0.1, 0.15) is 20.3 Å². The summed E-state index contributed by atoms with van der Waals surface area (Å²) < 4.78 is 22.3. The van der Waals surface area contributed by atoms with Crippen molar-refractivity contribution in [2.75, 3.05) is 11.5 Å². The van der Waals surface area contributed by atoms with E-state index in [1.54, 1.807) is 44.2 Å². The minimum absolute atomic E-state index is 0.158. The van der Waals surface area contributed by atoms with Crippen molar-refractivity contribution in [3.05, 3.63) is 30.3 Å². The SMILES string of the molecule is CC(C)C(=O)Nc1ccc2cc(O[C@H]3O[C@H](CCP(=O)(O)O)[C@@H](O)[C@H](O)[C@@H]3O)ccc2n1. The monoisotopic (exact) mass is 470 g/mol. The van der Waals surface area contributed by atoms with Crippen LogP contribution in [0.25, 0.3) is 10.9 Å². The number of aliphatic hydroxyl groups is 3. The third-order valence-corrected chi connectivity index (χ3v) is 5.90. The predicted molar refractivity (Wildman–Crippen MR) is 114 cm³/mol. The fraction of sp³-hybridized carbons (Fsp3) is 0.500. The molecule has 1 saturated heterocycles. The fourth-order valence-corrected chi connectivity index (χ4v) is 3.79. The van der Waals surface area contributed by atoms with Crippen LogP contribution < -0.4 is 10.1 Å². The van der Waals surface area contributed by atoms with E-state index in [9.17, 15) is 24.7 Å². The average Bonchev–Trinajstić information content (AvgIpc) is 2.72. The van der Waals surface area contributed by atoms with Crippen LogP contribution in [0.3, 0.4) is 0 Å². The maximum Gasteiger partial charge on any atom is 0.325 e. The van der Waals surface area contributed by atoms with Crippen molar-refractivity contribution in [2.24, 2.45) is 5.92 Å². The van der Waals surface area contributed by atoms with E-state index in [1.165, 1.54) is 0 Å². The molecule has 6 N–H and O–H groups in total. The van der Waals surface area contributed by atoms with Crippen LogP contribution in [-0.4, -0.2) is 72.9 Å². The molecule has 2 aromatic rings. The zero-order chi connectivity index (χ0) is 23.6. The van der Waals surface area contributed by atoms with Gasteiger partial charge in [-0.15, -0.1) is 0 Å². The number of carbonyl (C=O) groups is 1. The van der Waals surface area contributed by atoms with E-state index in [0.717, 1.165) is 0 Å². The molecule has 12 heteroatoms. The molecule has 2 heterocycles. The largest absolute Gasteiger partial charge is 0.462 e. The van der Waals surface area contributed by atoms with Gasteiger partial charge in [0.2, 0.25) is 12.2 Å². The molecule has 1 aromatic heterocycles. The Morgan fingerprint density at radius 2 is 1.88 bits per heavy atom. The van der Waals surface area contributed by atoms with E-state index in [0.29, 0.717) is 16.7 Å². The molecule has 1 aromatic carbocycles. The van der Waals surface area contributed by atoms with Crippen molar-refractivity contribution in [2.45, 2.75) is 51.0 Å². The molecule has 0 saturated carbocycles. The maximum atomic E-state index is 11.8. The second-order valence-corrected chi connectivity index (χ2v) is 9.78. The molecule has 0 unspecified atom stereocenters. The highest BCUT2D eigenvalue weighted by atomic mass is 31.2. The number of rotatable bonds is 7. The van der Waals surface area contributed by atoms with Crippen molar-refractivity contribution in [3.8, 4) is 5.75 Å². The first-order chi connectivity index (χ1) is 14.9. The van der Waals surface area contributed by atoms with Crippen molar-refractivity contribution in [1.82, 2.24) is 4.98 Å². The highest BCUT2D eigenvalue weighted by molar-refractivity contribution is 7.51. The van der Waals surface area contributed by atoms with Crippen LogP contribution in [0.5, 0.6) is 5.75 Å². The molecular formula is C20H27N2O9P. The Bertz CT molecular complexity index is 1010. The van der Waals surface area contributed by atoms with E-state index < -0.39 is 44.5 Å². The van der Waals surface area contributed by atoms with Gasteiger partial charge in [-0.25, -0.2) is 4.98 Å². The molecule has 32 heavy (non-hydrogen) atoms. The minimum atomic E-state index is -4.34. The van der Waals surface area contributed by atoms with Crippen LogP contribution in [0.15, 0.2) is 30.3 Å². The quantitative estimate of drug-likeness (QED) is 0.314. The molecule has 1 aliphatic rings. The van der Waals surface area contributed by atoms with E-state index in [1.807, 2.05) is 0 Å². The van der Waals surface area contributed by atoms with Gasteiger partial charge in [0.1, 0.15) is 29.9 Å². The number of ether oxygens (including phenoxy) is 2. The summed E-state index contributed by atoms with van der Waals surface area (Å²) in [7, 11) is -4.34. The van der Waals surface area contributed by atoms with Crippen molar-refractivity contribution in [3.63, 3.8) is 0 Å². The van der Waals surface area contributed by atoms with Crippen LogP contribution in [0.2, 0.25) is 0 Å². The molecule has 5 atom stereocenters. The van der Waals surface area contributed by atoms with Crippen LogP contribution >= 0.6 is 7.60 Å². The fourth-order valence-electron chi connectivity index (χ4n) is 3.20. The Kier molecular flexibility index (Phi) is 7.51. The Morgan fingerprint density at radius 1 is 1.16 bits per heavy atom. The molecule has 1 aliphatic heterocycles. The van der Waals surface area contributed by atoms with Gasteiger partial charge in [-0.1, -0.05) is 13.8 Å². The number of nitrogens with one attached hydrogen (secondary N) is 1. The van der Waals surface area contributed by atoms with E-state index in [2.05, 4.69) is 10.3 Å². The van der Waals surface area contributed by atoms with Crippen LogP contribution in [0.4, 0.5) is 5.82 Å². The number of hydrogen-bond donors (Lipinski definition) is 6. The first-order valence-corrected chi connectivity index (χ1v) is 11.9. The number of carbonyl (C=O) groups excluding carboxylic acids is 1. The Labute approximate surface area is 184 Å². The van der Waals surface area contributed by atoms with Gasteiger partial charge in [-0.05, 0) is 36.8 Å². The first kappa shape index (κ1) is 24.5. The molecule has 0 spiro atoms. The van der Waals surface area contributed by atoms with Gasteiger partial charge >= 0.3 is 7.60 Å². The third-order valence-electron chi connectivity index (χ3n) is 5.06. The number of amides is 1. The molecule has 176 valence electrons. The average molecular weight is 470 g/mol. The lowest BCUT2D eigenvalue weighted by Crippen LogP contribution is -2.59. The number of benzene rings is 1. The Hall–Kier alpha value is -2.11. The zero-order valence-corrected chi connectivity index (χ0v) is 18.4. The topological polar surface area (TPSA) is 179 Å². The summed E-state index contributed by atoms with van der Waals surface area (Å²) in [6.07, 6.45) is -8.03. The molecule has 1 amide bonds. The van der Waals surface area contributed by atoms with E-state index in [-0.39, 0.29) is 24.0 Å². The lowest BCUT2D eigenvalue weighted by molar-refractivity contribution is -0.272. The summed E-state index contributed by atoms with van der Waals surface area (Å²) in [6.45, 7) is 3.54. The molecule has 0 radical (unpaired) electrons. The third kappa shape index (κ3) is 6.02. The smallest absolute Gasteiger partial charge is 0.325 e. The number of aromatic nitrogens is 1. The number of fused-ring (bicyclic) bond motifs is 1. The second-order valence-electron chi connectivity index (χ2n) is 8.00. The van der Waals surface area contributed by atoms with Gasteiger partial charge in [0.15, 0.2) is 0 Å². The van der Waals surface area contributed by atoms with Gasteiger partial charge in [0.25, 0.3) is 0 Å². The van der Waals surface area contributed by atoms with Crippen LogP contribution in [-0.2, 0) is 14.1 Å².